The van der Waals surface area contributed by atoms with E-state index in [-0.39, 0.29) is 0 Å². The van der Waals surface area contributed by atoms with Crippen molar-refractivity contribution in [2.75, 3.05) is 7.11 Å². The maximum atomic E-state index is 5.32. The van der Waals surface area contributed by atoms with Gasteiger partial charge in [0.2, 0.25) is 5.88 Å². The summed E-state index contributed by atoms with van der Waals surface area (Å²) in [5.74, 6) is 0.660. The van der Waals surface area contributed by atoms with Crippen LogP contribution in [0, 0.1) is 6.92 Å². The van der Waals surface area contributed by atoms with E-state index >= 15 is 0 Å². The average Bonchev–Trinajstić information content (AvgIpc) is 2.87. The molecule has 104 valence electrons. The van der Waals surface area contributed by atoms with E-state index in [4.69, 9.17) is 4.74 Å². The molecular formula is C16H19N3O. The first kappa shape index (κ1) is 14.1. The molecule has 0 saturated heterocycles. The fraction of sp³-hybridized carbons (Fsp3) is 0.250. The molecular weight excluding hydrogens is 250 g/mol. The van der Waals surface area contributed by atoms with Gasteiger partial charge < -0.3 is 9.30 Å². The molecule has 0 aromatic carbocycles. The van der Waals surface area contributed by atoms with Crippen LogP contribution >= 0.6 is 0 Å². The van der Waals surface area contributed by atoms with Gasteiger partial charge in [0.1, 0.15) is 0 Å². The van der Waals surface area contributed by atoms with Gasteiger partial charge in [-0.3, -0.25) is 4.98 Å². The summed E-state index contributed by atoms with van der Waals surface area (Å²) in [7, 11) is 1.64. The topological polar surface area (TPSA) is 39.9 Å². The van der Waals surface area contributed by atoms with E-state index in [1.54, 1.807) is 19.5 Å². The van der Waals surface area contributed by atoms with Crippen LogP contribution in [0.4, 0.5) is 0 Å². The Balaban J connectivity index is 0.000000704. The minimum Gasteiger partial charge on any atom is -0.480 e. The van der Waals surface area contributed by atoms with Crippen molar-refractivity contribution in [3.8, 4) is 11.6 Å². The highest BCUT2D eigenvalue weighted by Gasteiger charge is 2.12. The quantitative estimate of drug-likeness (QED) is 0.711. The number of ether oxygens (including phenoxy) is 1. The van der Waals surface area contributed by atoms with Crippen molar-refractivity contribution < 1.29 is 4.74 Å². The van der Waals surface area contributed by atoms with E-state index in [0.717, 1.165) is 22.2 Å². The molecule has 0 fully saturated rings. The van der Waals surface area contributed by atoms with Crippen LogP contribution in [0.5, 0.6) is 5.88 Å². The van der Waals surface area contributed by atoms with Crippen LogP contribution in [0.2, 0.25) is 0 Å². The third kappa shape index (κ3) is 2.37. The van der Waals surface area contributed by atoms with Gasteiger partial charge in [0, 0.05) is 18.6 Å². The summed E-state index contributed by atoms with van der Waals surface area (Å²) < 4.78 is 7.42. The van der Waals surface area contributed by atoms with Crippen LogP contribution in [-0.2, 0) is 0 Å². The molecule has 0 saturated carbocycles. The Labute approximate surface area is 119 Å². The summed E-state index contributed by atoms with van der Waals surface area (Å²) in [6.45, 7) is 6.05. The molecule has 0 aliphatic rings. The van der Waals surface area contributed by atoms with Crippen molar-refractivity contribution >= 4 is 10.9 Å². The van der Waals surface area contributed by atoms with Crippen molar-refractivity contribution in [2.24, 2.45) is 0 Å². The largest absolute Gasteiger partial charge is 0.480 e. The maximum Gasteiger partial charge on any atom is 0.222 e. The van der Waals surface area contributed by atoms with Crippen molar-refractivity contribution in [3.63, 3.8) is 0 Å². The summed E-state index contributed by atoms with van der Waals surface area (Å²) in [6.07, 6.45) is 7.44. The molecule has 4 nitrogen and oxygen atoms in total. The highest BCUT2D eigenvalue weighted by atomic mass is 16.5. The number of nitrogens with zero attached hydrogens (tertiary/aromatic N) is 3. The molecule has 0 spiro atoms. The zero-order valence-corrected chi connectivity index (χ0v) is 12.3. The van der Waals surface area contributed by atoms with Crippen LogP contribution in [-0.4, -0.2) is 21.6 Å². The summed E-state index contributed by atoms with van der Waals surface area (Å²) in [4.78, 5) is 8.39. The lowest BCUT2D eigenvalue weighted by atomic mass is 10.2. The predicted molar refractivity (Wildman–Crippen MR) is 81.5 cm³/mol. The first-order chi connectivity index (χ1) is 9.81. The molecule has 20 heavy (non-hydrogen) atoms. The number of hydrogen-bond acceptors (Lipinski definition) is 3. The zero-order chi connectivity index (χ0) is 14.5. The van der Waals surface area contributed by atoms with Crippen LogP contribution in [0.15, 0.2) is 43.0 Å². The molecule has 0 N–H and O–H groups in total. The van der Waals surface area contributed by atoms with Crippen molar-refractivity contribution in [2.45, 2.75) is 20.8 Å². The van der Waals surface area contributed by atoms with E-state index in [2.05, 4.69) is 27.7 Å². The minimum atomic E-state index is 0.660. The molecule has 4 heteroatoms. The molecule has 0 amide bonds. The van der Waals surface area contributed by atoms with Gasteiger partial charge in [0.25, 0.3) is 0 Å². The highest BCUT2D eigenvalue weighted by Crippen LogP contribution is 2.29. The number of fused-ring (bicyclic) bond motifs is 1. The summed E-state index contributed by atoms with van der Waals surface area (Å²) in [5.41, 5.74) is 3.25. The van der Waals surface area contributed by atoms with Gasteiger partial charge in [-0.2, -0.15) is 0 Å². The second-order valence-corrected chi connectivity index (χ2v) is 4.11. The van der Waals surface area contributed by atoms with E-state index < -0.39 is 0 Å². The van der Waals surface area contributed by atoms with Crippen molar-refractivity contribution in [1.29, 1.82) is 0 Å². The van der Waals surface area contributed by atoms with E-state index in [9.17, 15) is 0 Å². The predicted octanol–water partition coefficient (Wildman–Crippen LogP) is 3.76. The number of hydrogen-bond donors (Lipinski definition) is 0. The molecule has 0 atom stereocenters. The molecule has 0 aliphatic carbocycles. The number of aryl methyl sites for hydroxylation is 1. The summed E-state index contributed by atoms with van der Waals surface area (Å²) in [6, 6.07) is 5.94. The Morgan fingerprint density at radius 3 is 2.60 bits per heavy atom. The monoisotopic (exact) mass is 269 g/mol. The number of pyridine rings is 2. The number of aromatic nitrogens is 3. The van der Waals surface area contributed by atoms with Crippen LogP contribution in [0.1, 0.15) is 19.4 Å². The standard InChI is InChI=1S/C14H13N3O.C2H6/c1-10-9-17(11-4-3-6-15-8-11)12-5-7-16-14(18-2)13(10)12;1-2/h3-9H,1-2H3;1-2H3. The Morgan fingerprint density at radius 2 is 1.95 bits per heavy atom. The fourth-order valence-electron chi connectivity index (χ4n) is 2.20. The first-order valence-electron chi connectivity index (χ1n) is 6.72. The van der Waals surface area contributed by atoms with Crippen LogP contribution < -0.4 is 4.74 Å². The second-order valence-electron chi connectivity index (χ2n) is 4.11. The molecule has 0 bridgehead atoms. The smallest absolute Gasteiger partial charge is 0.222 e. The van der Waals surface area contributed by atoms with Crippen LogP contribution in [0.25, 0.3) is 16.6 Å². The van der Waals surface area contributed by atoms with Gasteiger partial charge in [-0.05, 0) is 30.7 Å². The summed E-state index contributed by atoms with van der Waals surface area (Å²) >= 11 is 0. The molecule has 3 aromatic rings. The minimum absolute atomic E-state index is 0.660. The molecule has 3 aromatic heterocycles. The van der Waals surface area contributed by atoms with E-state index in [1.807, 2.05) is 38.2 Å². The van der Waals surface area contributed by atoms with Crippen molar-refractivity contribution in [3.05, 3.63) is 48.5 Å². The molecule has 0 radical (unpaired) electrons. The molecule has 0 aliphatic heterocycles. The summed E-state index contributed by atoms with van der Waals surface area (Å²) in [5, 5.41) is 1.05. The van der Waals surface area contributed by atoms with Gasteiger partial charge in [-0.15, -0.1) is 0 Å². The lowest BCUT2D eigenvalue weighted by molar-refractivity contribution is 0.403. The molecule has 3 rings (SSSR count). The fourth-order valence-corrected chi connectivity index (χ4v) is 2.20. The average molecular weight is 269 g/mol. The Bertz CT molecular complexity index is 690. The SMILES string of the molecule is CC.COc1nccc2c1c(C)cn2-c1cccnc1. The molecule has 0 unspecified atom stereocenters. The van der Waals surface area contributed by atoms with Gasteiger partial charge in [-0.1, -0.05) is 13.8 Å². The van der Waals surface area contributed by atoms with E-state index in [1.165, 1.54) is 0 Å². The Hall–Kier alpha value is -2.36. The van der Waals surface area contributed by atoms with Gasteiger partial charge in [0.05, 0.1) is 29.9 Å². The highest BCUT2D eigenvalue weighted by molar-refractivity contribution is 5.89. The maximum absolute atomic E-state index is 5.32. The lowest BCUT2D eigenvalue weighted by Crippen LogP contribution is -1.93. The van der Waals surface area contributed by atoms with Crippen LogP contribution in [0.3, 0.4) is 0 Å². The van der Waals surface area contributed by atoms with E-state index in [0.29, 0.717) is 5.88 Å². The molecule has 3 heterocycles. The Morgan fingerprint density at radius 1 is 1.15 bits per heavy atom. The zero-order valence-electron chi connectivity index (χ0n) is 12.3. The van der Waals surface area contributed by atoms with Gasteiger partial charge >= 0.3 is 0 Å². The normalized spacial score (nSPS) is 10.0. The van der Waals surface area contributed by atoms with Crippen molar-refractivity contribution in [1.82, 2.24) is 14.5 Å². The number of methoxy groups -OCH3 is 1. The number of rotatable bonds is 2. The third-order valence-corrected chi connectivity index (χ3v) is 2.99. The van der Waals surface area contributed by atoms with Gasteiger partial charge in [-0.25, -0.2) is 4.98 Å². The Kier molecular flexibility index (Phi) is 4.35. The first-order valence-corrected chi connectivity index (χ1v) is 6.72. The third-order valence-electron chi connectivity index (χ3n) is 2.99. The second kappa shape index (κ2) is 6.19. The lowest BCUT2D eigenvalue weighted by Gasteiger charge is -2.05. The van der Waals surface area contributed by atoms with Gasteiger partial charge in [0.15, 0.2) is 0 Å².